The van der Waals surface area contributed by atoms with E-state index in [2.05, 4.69) is 0 Å². The first-order valence-electron chi connectivity index (χ1n) is 8.28. The summed E-state index contributed by atoms with van der Waals surface area (Å²) in [7, 11) is 0. The van der Waals surface area contributed by atoms with Gasteiger partial charge in [-0.1, -0.05) is 0 Å². The van der Waals surface area contributed by atoms with Crippen LogP contribution < -0.4 is 14.2 Å². The molecule has 0 N–H and O–H groups in total. The highest BCUT2D eigenvalue weighted by molar-refractivity contribution is 5.88. The Bertz CT molecular complexity index is 570. The van der Waals surface area contributed by atoms with E-state index in [0.717, 1.165) is 0 Å². The minimum atomic E-state index is -0.534. The molecule has 24 heavy (non-hydrogen) atoms. The molecule has 0 spiro atoms. The summed E-state index contributed by atoms with van der Waals surface area (Å²) < 4.78 is 22.2. The molecule has 0 heterocycles. The van der Waals surface area contributed by atoms with Crippen molar-refractivity contribution in [3.05, 3.63) is 23.8 Å². The van der Waals surface area contributed by atoms with Gasteiger partial charge in [-0.3, -0.25) is 0 Å². The van der Waals surface area contributed by atoms with Gasteiger partial charge in [-0.25, -0.2) is 4.79 Å². The Morgan fingerprint density at radius 1 is 1.00 bits per heavy atom. The van der Waals surface area contributed by atoms with Gasteiger partial charge >= 0.3 is 5.97 Å². The monoisotopic (exact) mass is 336 g/mol. The standard InChI is InChI=1S/C19H28O5/c1-7-21-15-12-14(10-11-17(20)24-19(4,5)6)18(23-9-3)16(13-15)22-8-2/h10-13H,7-9H2,1-6H3. The summed E-state index contributed by atoms with van der Waals surface area (Å²) in [4.78, 5) is 11.9. The smallest absolute Gasteiger partial charge is 0.331 e. The van der Waals surface area contributed by atoms with Crippen LogP contribution in [-0.4, -0.2) is 31.4 Å². The van der Waals surface area contributed by atoms with Gasteiger partial charge in [-0.05, 0) is 53.7 Å². The van der Waals surface area contributed by atoms with Crippen molar-refractivity contribution in [2.45, 2.75) is 47.1 Å². The van der Waals surface area contributed by atoms with E-state index in [1.54, 1.807) is 12.1 Å². The fourth-order valence-corrected chi connectivity index (χ4v) is 2.03. The van der Waals surface area contributed by atoms with Gasteiger partial charge in [0.2, 0.25) is 0 Å². The molecule has 1 aromatic rings. The number of hydrogen-bond donors (Lipinski definition) is 0. The largest absolute Gasteiger partial charge is 0.494 e. The first kappa shape index (κ1) is 19.9. The van der Waals surface area contributed by atoms with Crippen molar-refractivity contribution in [3.63, 3.8) is 0 Å². The number of rotatable bonds is 8. The maximum atomic E-state index is 11.9. The molecule has 0 bridgehead atoms. The van der Waals surface area contributed by atoms with Crippen molar-refractivity contribution in [2.75, 3.05) is 19.8 Å². The van der Waals surface area contributed by atoms with E-state index >= 15 is 0 Å². The Morgan fingerprint density at radius 3 is 2.17 bits per heavy atom. The molecular weight excluding hydrogens is 308 g/mol. The minimum absolute atomic E-state index is 0.412. The zero-order valence-corrected chi connectivity index (χ0v) is 15.5. The highest BCUT2D eigenvalue weighted by Gasteiger charge is 2.16. The predicted octanol–water partition coefficient (Wildman–Crippen LogP) is 4.24. The zero-order chi connectivity index (χ0) is 18.2. The Morgan fingerprint density at radius 2 is 1.62 bits per heavy atom. The molecule has 0 radical (unpaired) electrons. The lowest BCUT2D eigenvalue weighted by atomic mass is 10.1. The molecule has 0 saturated heterocycles. The van der Waals surface area contributed by atoms with Gasteiger partial charge in [0.15, 0.2) is 11.5 Å². The highest BCUT2D eigenvalue weighted by Crippen LogP contribution is 2.37. The first-order chi connectivity index (χ1) is 11.3. The van der Waals surface area contributed by atoms with Crippen molar-refractivity contribution in [2.24, 2.45) is 0 Å². The second-order valence-electron chi connectivity index (χ2n) is 6.01. The number of carbonyl (C=O) groups is 1. The van der Waals surface area contributed by atoms with Crippen LogP contribution >= 0.6 is 0 Å². The lowest BCUT2D eigenvalue weighted by molar-refractivity contribution is -0.148. The van der Waals surface area contributed by atoms with Crippen LogP contribution in [-0.2, 0) is 9.53 Å². The van der Waals surface area contributed by atoms with E-state index < -0.39 is 11.6 Å². The van der Waals surface area contributed by atoms with Gasteiger partial charge in [0.1, 0.15) is 11.4 Å². The number of ether oxygens (including phenoxy) is 4. The summed E-state index contributed by atoms with van der Waals surface area (Å²) in [5.74, 6) is 1.43. The lowest BCUT2D eigenvalue weighted by Gasteiger charge is -2.18. The van der Waals surface area contributed by atoms with E-state index in [1.807, 2.05) is 47.6 Å². The normalized spacial score (nSPS) is 11.4. The SMILES string of the molecule is CCOc1cc(C=CC(=O)OC(C)(C)C)c(OCC)c(OCC)c1. The minimum Gasteiger partial charge on any atom is -0.494 e. The maximum Gasteiger partial charge on any atom is 0.331 e. The summed E-state index contributed by atoms with van der Waals surface area (Å²) in [6.07, 6.45) is 3.04. The van der Waals surface area contributed by atoms with Gasteiger partial charge in [-0.2, -0.15) is 0 Å². The summed E-state index contributed by atoms with van der Waals surface area (Å²) >= 11 is 0. The van der Waals surface area contributed by atoms with Crippen molar-refractivity contribution in [3.8, 4) is 17.2 Å². The van der Waals surface area contributed by atoms with Crippen molar-refractivity contribution >= 4 is 12.0 Å². The molecule has 134 valence electrons. The fraction of sp³-hybridized carbons (Fsp3) is 0.526. The van der Waals surface area contributed by atoms with E-state index in [4.69, 9.17) is 18.9 Å². The van der Waals surface area contributed by atoms with Crippen LogP contribution in [0.4, 0.5) is 0 Å². The molecule has 0 saturated carbocycles. The molecule has 1 rings (SSSR count). The number of esters is 1. The van der Waals surface area contributed by atoms with Crippen LogP contribution in [0.5, 0.6) is 17.2 Å². The van der Waals surface area contributed by atoms with E-state index in [0.29, 0.717) is 42.6 Å². The number of benzene rings is 1. The van der Waals surface area contributed by atoms with Gasteiger partial charge in [0, 0.05) is 17.7 Å². The molecule has 0 unspecified atom stereocenters. The van der Waals surface area contributed by atoms with Gasteiger partial charge < -0.3 is 18.9 Å². The van der Waals surface area contributed by atoms with Crippen molar-refractivity contribution < 1.29 is 23.7 Å². The third-order valence-corrected chi connectivity index (χ3v) is 2.76. The number of carbonyl (C=O) groups excluding carboxylic acids is 1. The van der Waals surface area contributed by atoms with Crippen molar-refractivity contribution in [1.29, 1.82) is 0 Å². The number of hydrogen-bond acceptors (Lipinski definition) is 5. The lowest BCUT2D eigenvalue weighted by Crippen LogP contribution is -2.22. The molecule has 0 aliphatic heterocycles. The average Bonchev–Trinajstić information content (AvgIpc) is 2.47. The quantitative estimate of drug-likeness (QED) is 0.525. The van der Waals surface area contributed by atoms with Gasteiger partial charge in [0.25, 0.3) is 0 Å². The molecule has 0 aromatic heterocycles. The predicted molar refractivity (Wildman–Crippen MR) is 94.8 cm³/mol. The topological polar surface area (TPSA) is 54.0 Å². The maximum absolute atomic E-state index is 11.9. The molecule has 0 amide bonds. The third kappa shape index (κ3) is 6.52. The molecule has 0 atom stereocenters. The van der Waals surface area contributed by atoms with Crippen LogP contribution in [0.15, 0.2) is 18.2 Å². The summed E-state index contributed by atoms with van der Waals surface area (Å²) in [6.45, 7) is 12.7. The van der Waals surface area contributed by atoms with Gasteiger partial charge in [0.05, 0.1) is 19.8 Å². The first-order valence-corrected chi connectivity index (χ1v) is 8.28. The Kier molecular flexibility index (Phi) is 7.62. The summed E-state index contributed by atoms with van der Waals surface area (Å²) in [5, 5.41) is 0. The van der Waals surface area contributed by atoms with E-state index in [9.17, 15) is 4.79 Å². The second kappa shape index (κ2) is 9.21. The fourth-order valence-electron chi connectivity index (χ4n) is 2.03. The molecule has 0 aliphatic carbocycles. The highest BCUT2D eigenvalue weighted by atomic mass is 16.6. The Balaban J connectivity index is 3.19. The van der Waals surface area contributed by atoms with Gasteiger partial charge in [-0.15, -0.1) is 0 Å². The molecule has 5 nitrogen and oxygen atoms in total. The van der Waals surface area contributed by atoms with E-state index in [-0.39, 0.29) is 0 Å². The summed E-state index contributed by atoms with van der Waals surface area (Å²) in [5.41, 5.74) is 0.172. The van der Waals surface area contributed by atoms with Crippen LogP contribution in [0.3, 0.4) is 0 Å². The molecular formula is C19H28O5. The third-order valence-electron chi connectivity index (χ3n) is 2.76. The average molecular weight is 336 g/mol. The molecule has 5 heteroatoms. The zero-order valence-electron chi connectivity index (χ0n) is 15.5. The Labute approximate surface area is 144 Å². The summed E-state index contributed by atoms with van der Waals surface area (Å²) in [6, 6.07) is 3.61. The van der Waals surface area contributed by atoms with Crippen LogP contribution in [0.25, 0.3) is 6.08 Å². The molecule has 0 aliphatic rings. The van der Waals surface area contributed by atoms with Crippen LogP contribution in [0.1, 0.15) is 47.1 Å². The molecule has 0 fully saturated rings. The second-order valence-corrected chi connectivity index (χ2v) is 6.01. The van der Waals surface area contributed by atoms with Crippen molar-refractivity contribution in [1.82, 2.24) is 0 Å². The Hall–Kier alpha value is -2.17. The van der Waals surface area contributed by atoms with Crippen LogP contribution in [0, 0.1) is 0 Å². The molecule has 1 aromatic carbocycles. The van der Waals surface area contributed by atoms with E-state index in [1.165, 1.54) is 6.08 Å². The van der Waals surface area contributed by atoms with Crippen LogP contribution in [0.2, 0.25) is 0 Å².